The average Bonchev–Trinajstić information content (AvgIpc) is 2.31. The predicted molar refractivity (Wildman–Crippen MR) is 71.2 cm³/mol. The third kappa shape index (κ3) is 4.73. The van der Waals surface area contributed by atoms with E-state index in [2.05, 4.69) is 38.0 Å². The van der Waals surface area contributed by atoms with Gasteiger partial charge in [0, 0.05) is 18.3 Å². The maximum absolute atomic E-state index is 5.94. The van der Waals surface area contributed by atoms with E-state index in [4.69, 9.17) is 4.74 Å². The van der Waals surface area contributed by atoms with Gasteiger partial charge in [0.25, 0.3) is 0 Å². The number of hydrogen-bond donors (Lipinski definition) is 1. The number of nitrogens with one attached hydrogen (secondary N) is 1. The summed E-state index contributed by atoms with van der Waals surface area (Å²) in [6.07, 6.45) is 4.98. The summed E-state index contributed by atoms with van der Waals surface area (Å²) in [5.74, 6) is 1.41. The first-order valence-corrected chi connectivity index (χ1v) is 6.45. The third-order valence-corrected chi connectivity index (χ3v) is 2.86. The summed E-state index contributed by atoms with van der Waals surface area (Å²) in [4.78, 5) is 4.13. The van der Waals surface area contributed by atoms with Crippen molar-refractivity contribution < 1.29 is 4.74 Å². The summed E-state index contributed by atoms with van der Waals surface area (Å²) >= 11 is 0. The van der Waals surface area contributed by atoms with Gasteiger partial charge >= 0.3 is 0 Å². The average molecular weight is 236 g/mol. The molecule has 0 bridgehead atoms. The van der Waals surface area contributed by atoms with E-state index in [0.29, 0.717) is 5.92 Å². The number of ether oxygens (including phenoxy) is 1. The van der Waals surface area contributed by atoms with Crippen LogP contribution in [0, 0.1) is 5.92 Å². The molecule has 0 radical (unpaired) electrons. The maximum Gasteiger partial charge on any atom is 0.142 e. The second-order valence-electron chi connectivity index (χ2n) is 4.73. The predicted octanol–water partition coefficient (Wildman–Crippen LogP) is 3.00. The summed E-state index contributed by atoms with van der Waals surface area (Å²) in [5.41, 5.74) is 1.18. The number of nitrogens with zero attached hydrogens (tertiary/aromatic N) is 1. The number of aromatic nitrogens is 1. The fraction of sp³-hybridized carbons (Fsp3) is 0.643. The Balaban J connectivity index is 2.63. The quantitative estimate of drug-likeness (QED) is 0.739. The zero-order valence-electron chi connectivity index (χ0n) is 11.4. The van der Waals surface area contributed by atoms with E-state index in [-0.39, 0.29) is 6.10 Å². The highest BCUT2D eigenvalue weighted by atomic mass is 16.5. The van der Waals surface area contributed by atoms with E-state index in [1.807, 2.05) is 18.5 Å². The molecule has 1 N–H and O–H groups in total. The fourth-order valence-electron chi connectivity index (χ4n) is 1.40. The molecule has 1 aromatic heterocycles. The molecule has 1 unspecified atom stereocenters. The molecule has 17 heavy (non-hydrogen) atoms. The van der Waals surface area contributed by atoms with Gasteiger partial charge in [-0.1, -0.05) is 20.8 Å². The summed E-state index contributed by atoms with van der Waals surface area (Å²) in [5, 5.41) is 3.39. The van der Waals surface area contributed by atoms with E-state index >= 15 is 0 Å². The normalized spacial score (nSPS) is 12.8. The van der Waals surface area contributed by atoms with Crippen molar-refractivity contribution in [2.45, 2.75) is 46.8 Å². The lowest BCUT2D eigenvalue weighted by molar-refractivity contribution is 0.168. The molecule has 3 nitrogen and oxygen atoms in total. The van der Waals surface area contributed by atoms with Gasteiger partial charge in [-0.25, -0.2) is 0 Å². The second-order valence-corrected chi connectivity index (χ2v) is 4.73. The van der Waals surface area contributed by atoms with Crippen molar-refractivity contribution in [2.75, 3.05) is 6.54 Å². The zero-order chi connectivity index (χ0) is 12.7. The molecule has 96 valence electrons. The molecule has 0 saturated heterocycles. The molecule has 0 aliphatic rings. The molecule has 1 heterocycles. The lowest BCUT2D eigenvalue weighted by Gasteiger charge is -2.20. The van der Waals surface area contributed by atoms with Gasteiger partial charge in [0.2, 0.25) is 0 Å². The Kier molecular flexibility index (Phi) is 5.98. The van der Waals surface area contributed by atoms with E-state index in [0.717, 1.165) is 25.3 Å². The van der Waals surface area contributed by atoms with Gasteiger partial charge in [-0.05, 0) is 31.9 Å². The maximum atomic E-state index is 5.94. The van der Waals surface area contributed by atoms with Crippen molar-refractivity contribution >= 4 is 0 Å². The lowest BCUT2D eigenvalue weighted by atomic mass is 10.1. The Labute approximate surface area is 105 Å². The first-order valence-electron chi connectivity index (χ1n) is 6.45. The molecule has 0 aliphatic carbocycles. The van der Waals surface area contributed by atoms with Crippen LogP contribution in [0.1, 0.15) is 39.7 Å². The summed E-state index contributed by atoms with van der Waals surface area (Å²) < 4.78 is 5.94. The van der Waals surface area contributed by atoms with Gasteiger partial charge in [-0.15, -0.1) is 0 Å². The van der Waals surface area contributed by atoms with E-state index in [1.165, 1.54) is 5.56 Å². The van der Waals surface area contributed by atoms with Crippen molar-refractivity contribution in [3.8, 4) is 5.75 Å². The lowest BCUT2D eigenvalue weighted by Crippen LogP contribution is -2.21. The highest BCUT2D eigenvalue weighted by Gasteiger charge is 2.11. The van der Waals surface area contributed by atoms with Crippen LogP contribution in [-0.2, 0) is 6.54 Å². The molecule has 0 amide bonds. The van der Waals surface area contributed by atoms with Crippen molar-refractivity contribution in [3.05, 3.63) is 24.0 Å². The largest absolute Gasteiger partial charge is 0.488 e. The van der Waals surface area contributed by atoms with Crippen molar-refractivity contribution in [1.82, 2.24) is 10.3 Å². The first kappa shape index (κ1) is 14.0. The Hall–Kier alpha value is -1.09. The van der Waals surface area contributed by atoms with Crippen LogP contribution in [0.25, 0.3) is 0 Å². The van der Waals surface area contributed by atoms with Crippen molar-refractivity contribution in [2.24, 2.45) is 5.92 Å². The molecule has 0 saturated carbocycles. The summed E-state index contributed by atoms with van der Waals surface area (Å²) in [6, 6.07) is 2.02. The topological polar surface area (TPSA) is 34.2 Å². The first-order chi connectivity index (χ1) is 8.15. The van der Waals surface area contributed by atoms with Gasteiger partial charge in [-0.3, -0.25) is 4.98 Å². The smallest absolute Gasteiger partial charge is 0.142 e. The minimum atomic E-state index is 0.212. The van der Waals surface area contributed by atoms with Crippen LogP contribution in [-0.4, -0.2) is 17.6 Å². The van der Waals surface area contributed by atoms with Crippen LogP contribution in [0.2, 0.25) is 0 Å². The van der Waals surface area contributed by atoms with Crippen LogP contribution < -0.4 is 10.1 Å². The van der Waals surface area contributed by atoms with Crippen LogP contribution in [0.3, 0.4) is 0 Å². The molecular formula is C14H24N2O. The highest BCUT2D eigenvalue weighted by molar-refractivity contribution is 5.29. The van der Waals surface area contributed by atoms with E-state index in [9.17, 15) is 0 Å². The molecule has 1 rings (SSSR count). The molecule has 0 aromatic carbocycles. The number of rotatable bonds is 7. The molecule has 0 spiro atoms. The Morgan fingerprint density at radius 2 is 2.12 bits per heavy atom. The van der Waals surface area contributed by atoms with E-state index < -0.39 is 0 Å². The van der Waals surface area contributed by atoms with Crippen LogP contribution in [0.4, 0.5) is 0 Å². The second kappa shape index (κ2) is 7.28. The number of hydrogen-bond acceptors (Lipinski definition) is 3. The fourth-order valence-corrected chi connectivity index (χ4v) is 1.40. The van der Waals surface area contributed by atoms with Gasteiger partial charge in [0.15, 0.2) is 0 Å². The van der Waals surface area contributed by atoms with E-state index in [1.54, 1.807) is 0 Å². The van der Waals surface area contributed by atoms with Gasteiger partial charge in [-0.2, -0.15) is 0 Å². The zero-order valence-corrected chi connectivity index (χ0v) is 11.4. The minimum Gasteiger partial charge on any atom is -0.488 e. The highest BCUT2D eigenvalue weighted by Crippen LogP contribution is 2.19. The molecule has 0 fully saturated rings. The van der Waals surface area contributed by atoms with Crippen LogP contribution in [0.15, 0.2) is 18.5 Å². The molecule has 1 aromatic rings. The monoisotopic (exact) mass is 236 g/mol. The molecule has 3 heteroatoms. The summed E-state index contributed by atoms with van der Waals surface area (Å²) in [6.45, 7) is 10.5. The van der Waals surface area contributed by atoms with Gasteiger partial charge in [0.1, 0.15) is 5.75 Å². The Bertz CT molecular complexity index is 326. The number of pyridine rings is 1. The third-order valence-electron chi connectivity index (χ3n) is 2.86. The molecular weight excluding hydrogens is 212 g/mol. The summed E-state index contributed by atoms with van der Waals surface area (Å²) in [7, 11) is 0. The van der Waals surface area contributed by atoms with Gasteiger partial charge in [0.05, 0.1) is 12.3 Å². The Morgan fingerprint density at radius 1 is 1.35 bits per heavy atom. The minimum absolute atomic E-state index is 0.212. The molecule has 1 atom stereocenters. The van der Waals surface area contributed by atoms with Crippen LogP contribution >= 0.6 is 0 Å². The molecule has 0 aliphatic heterocycles. The van der Waals surface area contributed by atoms with Crippen molar-refractivity contribution in [3.63, 3.8) is 0 Å². The SMILES string of the molecule is CCCNCc1ccncc1OC(C)C(C)C. The van der Waals surface area contributed by atoms with Crippen LogP contribution in [0.5, 0.6) is 5.75 Å². The standard InChI is InChI=1S/C14H24N2O/c1-5-7-15-9-13-6-8-16-10-14(13)17-12(4)11(2)3/h6,8,10-12,15H,5,7,9H2,1-4H3. The van der Waals surface area contributed by atoms with Crippen molar-refractivity contribution in [1.29, 1.82) is 0 Å². The van der Waals surface area contributed by atoms with Gasteiger partial charge < -0.3 is 10.1 Å². The Morgan fingerprint density at radius 3 is 2.76 bits per heavy atom.